The summed E-state index contributed by atoms with van der Waals surface area (Å²) in [6, 6.07) is 32.1. The minimum Gasteiger partial charge on any atom is -0.741 e. The lowest BCUT2D eigenvalue weighted by atomic mass is 10.4. The summed E-state index contributed by atoms with van der Waals surface area (Å²) < 4.78 is 58.9. The zero-order valence-corrected chi connectivity index (χ0v) is 17.6. The first-order chi connectivity index (χ1) is 14.1. The molecule has 3 aromatic carbocycles. The van der Waals surface area contributed by atoms with Gasteiger partial charge in [-0.25, -0.2) is 8.42 Å². The van der Waals surface area contributed by atoms with Crippen LogP contribution in [0.5, 0.6) is 0 Å². The van der Waals surface area contributed by atoms with Gasteiger partial charge in [0.1, 0.15) is 15.9 Å². The number of hydrogen-bond acceptors (Lipinski definition) is 3. The van der Waals surface area contributed by atoms with Crippen LogP contribution in [0.3, 0.4) is 0 Å². The first-order valence-corrected chi connectivity index (χ1v) is 11.8. The maximum Gasteiger partial charge on any atom is 0.485 e. The summed E-state index contributed by atoms with van der Waals surface area (Å²) in [6.07, 6.45) is 0. The second kappa shape index (κ2) is 9.90. The topological polar surface area (TPSA) is 57.2 Å². The number of alkyl halides is 3. The van der Waals surface area contributed by atoms with Crippen LogP contribution < -0.4 is 15.9 Å². The van der Waals surface area contributed by atoms with Gasteiger partial charge in [0.25, 0.3) is 0 Å². The van der Waals surface area contributed by atoms with Crippen molar-refractivity contribution in [2.24, 2.45) is 0 Å². The molecule has 3 rings (SSSR count). The fourth-order valence-electron chi connectivity index (χ4n) is 2.76. The Hall–Kier alpha value is -2.65. The summed E-state index contributed by atoms with van der Waals surface area (Å²) in [5.41, 5.74) is -2.04. The molecule has 0 spiro atoms. The van der Waals surface area contributed by atoms with E-state index in [1.807, 2.05) is 6.92 Å². The highest BCUT2D eigenvalue weighted by Crippen LogP contribution is 2.54. The van der Waals surface area contributed by atoms with E-state index in [0.717, 1.165) is 0 Å². The molecule has 0 fully saturated rings. The smallest absolute Gasteiger partial charge is 0.485 e. The average Bonchev–Trinajstić information content (AvgIpc) is 2.73. The normalized spacial score (nSPS) is 11.5. The molecule has 0 radical (unpaired) electrons. The fourth-order valence-corrected chi connectivity index (χ4v) is 6.24. The van der Waals surface area contributed by atoms with E-state index in [0.29, 0.717) is 0 Å². The Balaban J connectivity index is 0.000000343. The molecule has 0 saturated carbocycles. The molecular formula is C22H18F3O3PS. The standard InChI is InChI=1S/C21H18P.CHF3O3S/c1-2-18-22(19-12-6-3-7-13-19,20-14-8-4-9-15-20)21-16-10-5-11-17-21;2-1(3,4)8(5,6)7/h3-17H,1H3;(H,5,6,7)/q+1;/p-1. The zero-order chi connectivity index (χ0) is 22.3. The third-order valence-electron chi connectivity index (χ3n) is 3.99. The van der Waals surface area contributed by atoms with Crippen molar-refractivity contribution in [3.63, 3.8) is 0 Å². The molecule has 0 saturated heterocycles. The van der Waals surface area contributed by atoms with Crippen molar-refractivity contribution >= 4 is 33.3 Å². The van der Waals surface area contributed by atoms with Crippen molar-refractivity contribution in [3.8, 4) is 11.6 Å². The van der Waals surface area contributed by atoms with E-state index >= 15 is 0 Å². The van der Waals surface area contributed by atoms with Gasteiger partial charge in [0.2, 0.25) is 0 Å². The molecular weight excluding hydrogens is 432 g/mol. The van der Waals surface area contributed by atoms with Gasteiger partial charge in [-0.3, -0.25) is 0 Å². The summed E-state index contributed by atoms with van der Waals surface area (Å²) in [6.45, 7) is 1.93. The van der Waals surface area contributed by atoms with Gasteiger partial charge in [0.05, 0.1) is 5.66 Å². The monoisotopic (exact) mass is 450 g/mol. The Morgan fingerprint density at radius 3 is 1.20 bits per heavy atom. The molecule has 8 heteroatoms. The Kier molecular flexibility index (Phi) is 7.80. The van der Waals surface area contributed by atoms with E-state index in [9.17, 15) is 13.2 Å². The van der Waals surface area contributed by atoms with Gasteiger partial charge < -0.3 is 4.55 Å². The van der Waals surface area contributed by atoms with Crippen molar-refractivity contribution in [2.45, 2.75) is 12.4 Å². The lowest BCUT2D eigenvalue weighted by molar-refractivity contribution is -0.0517. The molecule has 0 atom stereocenters. The van der Waals surface area contributed by atoms with Gasteiger partial charge in [0.15, 0.2) is 17.4 Å². The van der Waals surface area contributed by atoms with Gasteiger partial charge in [-0.15, -0.1) is 0 Å². The lowest BCUT2D eigenvalue weighted by Gasteiger charge is -2.21. The predicted molar refractivity (Wildman–Crippen MR) is 114 cm³/mol. The second-order valence-electron chi connectivity index (χ2n) is 5.94. The Labute approximate surface area is 174 Å². The van der Waals surface area contributed by atoms with Crippen LogP contribution in [0.4, 0.5) is 13.2 Å². The molecule has 0 heterocycles. The summed E-state index contributed by atoms with van der Waals surface area (Å²) in [5, 5.41) is 3.92. The fraction of sp³-hybridized carbons (Fsp3) is 0.0909. The van der Waals surface area contributed by atoms with Gasteiger partial charge in [-0.1, -0.05) is 60.5 Å². The van der Waals surface area contributed by atoms with E-state index < -0.39 is 22.9 Å². The third-order valence-corrected chi connectivity index (χ3v) is 8.34. The van der Waals surface area contributed by atoms with Crippen molar-refractivity contribution in [3.05, 3.63) is 91.0 Å². The van der Waals surface area contributed by atoms with Gasteiger partial charge in [0, 0.05) is 6.92 Å². The minimum absolute atomic E-state index is 1.31. The molecule has 0 N–H and O–H groups in total. The molecule has 3 nitrogen and oxygen atoms in total. The molecule has 0 bridgehead atoms. The number of hydrogen-bond donors (Lipinski definition) is 0. The number of halogens is 3. The summed E-state index contributed by atoms with van der Waals surface area (Å²) >= 11 is 0. The largest absolute Gasteiger partial charge is 0.741 e. The van der Waals surface area contributed by atoms with Crippen LogP contribution in [-0.2, 0) is 10.1 Å². The van der Waals surface area contributed by atoms with E-state index in [2.05, 4.69) is 103 Å². The van der Waals surface area contributed by atoms with Crippen LogP contribution in [0, 0.1) is 11.6 Å². The first kappa shape index (κ1) is 23.6. The molecule has 0 aliphatic carbocycles. The molecule has 156 valence electrons. The van der Waals surface area contributed by atoms with E-state index in [1.165, 1.54) is 15.9 Å². The van der Waals surface area contributed by atoms with Crippen LogP contribution in [-0.4, -0.2) is 18.5 Å². The quantitative estimate of drug-likeness (QED) is 0.262. The average molecular weight is 450 g/mol. The summed E-state index contributed by atoms with van der Waals surface area (Å²) in [7, 11) is -8.00. The van der Waals surface area contributed by atoms with E-state index in [1.54, 1.807) is 0 Å². The Bertz CT molecular complexity index is 1010. The van der Waals surface area contributed by atoms with Gasteiger partial charge in [-0.2, -0.15) is 13.2 Å². The molecule has 0 aromatic heterocycles. The van der Waals surface area contributed by atoms with Crippen molar-refractivity contribution in [2.75, 3.05) is 0 Å². The lowest BCUT2D eigenvalue weighted by Crippen LogP contribution is -2.29. The SMILES string of the molecule is CC#C[P+](c1ccccc1)(c1ccccc1)c1ccccc1.O=S(=O)([O-])C(F)(F)F. The maximum absolute atomic E-state index is 10.7. The molecule has 0 amide bonds. The summed E-state index contributed by atoms with van der Waals surface area (Å²) in [5.74, 6) is 3.20. The molecule has 30 heavy (non-hydrogen) atoms. The van der Waals surface area contributed by atoms with Crippen LogP contribution in [0.25, 0.3) is 0 Å². The maximum atomic E-state index is 10.7. The van der Waals surface area contributed by atoms with Crippen molar-refractivity contribution in [1.82, 2.24) is 0 Å². The zero-order valence-electron chi connectivity index (χ0n) is 15.9. The molecule has 0 unspecified atom stereocenters. The molecule has 0 aliphatic rings. The summed E-state index contributed by atoms with van der Waals surface area (Å²) in [4.78, 5) is 0. The Morgan fingerprint density at radius 1 is 0.733 bits per heavy atom. The molecule has 0 aliphatic heterocycles. The van der Waals surface area contributed by atoms with E-state index in [-0.39, 0.29) is 0 Å². The van der Waals surface area contributed by atoms with E-state index in [4.69, 9.17) is 13.0 Å². The number of rotatable bonds is 3. The third kappa shape index (κ3) is 5.48. The van der Waals surface area contributed by atoms with Crippen LogP contribution in [0.2, 0.25) is 0 Å². The van der Waals surface area contributed by atoms with Gasteiger partial charge >= 0.3 is 5.51 Å². The second-order valence-corrected chi connectivity index (χ2v) is 10.4. The Morgan fingerprint density at radius 2 is 1.00 bits per heavy atom. The number of benzene rings is 3. The first-order valence-electron chi connectivity index (χ1n) is 8.65. The molecule has 3 aromatic rings. The highest BCUT2D eigenvalue weighted by atomic mass is 32.2. The van der Waals surface area contributed by atoms with Crippen LogP contribution in [0.1, 0.15) is 6.92 Å². The highest BCUT2D eigenvalue weighted by Gasteiger charge is 2.44. The van der Waals surface area contributed by atoms with Crippen LogP contribution >= 0.6 is 7.26 Å². The van der Waals surface area contributed by atoms with Gasteiger partial charge in [-0.05, 0) is 36.4 Å². The highest BCUT2D eigenvalue weighted by molar-refractivity contribution is 7.99. The van der Waals surface area contributed by atoms with Crippen molar-refractivity contribution < 1.29 is 26.1 Å². The predicted octanol–water partition coefficient (Wildman–Crippen LogP) is 4.01. The van der Waals surface area contributed by atoms with Crippen LogP contribution in [0.15, 0.2) is 91.0 Å². The van der Waals surface area contributed by atoms with Crippen molar-refractivity contribution in [1.29, 1.82) is 0 Å². The minimum atomic E-state index is -6.09.